The SMILES string of the molecule is COc1ccc(COP(=O)(OCc2ccc(O)c(F)c2)c2ccc(Oc3cc(OC(C)C)cc(C(=O)O)c3)cc2)cc1F. The molecule has 43 heavy (non-hydrogen) atoms. The van der Waals surface area contributed by atoms with E-state index < -0.39 is 30.9 Å². The van der Waals surface area contributed by atoms with Gasteiger partial charge in [0.05, 0.1) is 37.3 Å². The molecule has 4 aromatic rings. The number of rotatable bonds is 13. The maximum atomic E-state index is 14.2. The number of phenolic OH excluding ortho intramolecular Hbond substituents is 1. The van der Waals surface area contributed by atoms with Crippen LogP contribution in [0.1, 0.15) is 35.3 Å². The molecule has 0 aliphatic heterocycles. The minimum atomic E-state index is -4.10. The molecule has 0 spiro atoms. The first-order chi connectivity index (χ1) is 20.5. The highest BCUT2D eigenvalue weighted by Crippen LogP contribution is 2.49. The first-order valence-electron chi connectivity index (χ1n) is 13.0. The highest BCUT2D eigenvalue weighted by Gasteiger charge is 2.29. The third-order valence-electron chi connectivity index (χ3n) is 5.92. The summed E-state index contributed by atoms with van der Waals surface area (Å²) in [6.45, 7) is 2.99. The monoisotopic (exact) mass is 614 g/mol. The number of hydrogen-bond acceptors (Lipinski definition) is 8. The molecule has 4 rings (SSSR count). The number of aromatic carboxylic acids is 1. The number of hydrogen-bond donors (Lipinski definition) is 2. The molecule has 226 valence electrons. The molecule has 0 aromatic heterocycles. The number of aromatic hydroxyl groups is 1. The van der Waals surface area contributed by atoms with Gasteiger partial charge in [-0.05, 0) is 85.6 Å². The van der Waals surface area contributed by atoms with Crippen LogP contribution in [0.2, 0.25) is 0 Å². The van der Waals surface area contributed by atoms with E-state index in [1.165, 1.54) is 61.7 Å². The Balaban J connectivity index is 1.58. The number of phenols is 1. The fourth-order valence-electron chi connectivity index (χ4n) is 3.87. The Morgan fingerprint density at radius 2 is 1.42 bits per heavy atom. The second kappa shape index (κ2) is 13.7. The van der Waals surface area contributed by atoms with Gasteiger partial charge in [0.15, 0.2) is 23.1 Å². The van der Waals surface area contributed by atoms with Crippen molar-refractivity contribution in [2.75, 3.05) is 7.11 Å². The summed E-state index contributed by atoms with van der Waals surface area (Å²) in [7, 11) is -2.77. The molecule has 0 saturated carbocycles. The largest absolute Gasteiger partial charge is 0.505 e. The molecule has 0 saturated heterocycles. The molecular weight excluding hydrogens is 585 g/mol. The molecule has 0 fully saturated rings. The van der Waals surface area contributed by atoms with E-state index in [1.54, 1.807) is 26.0 Å². The molecule has 12 heteroatoms. The highest BCUT2D eigenvalue weighted by atomic mass is 31.2. The van der Waals surface area contributed by atoms with Gasteiger partial charge in [-0.2, -0.15) is 0 Å². The normalized spacial score (nSPS) is 12.5. The van der Waals surface area contributed by atoms with E-state index in [1.807, 2.05) is 0 Å². The summed E-state index contributed by atoms with van der Waals surface area (Å²) in [5, 5.41) is 19.1. The van der Waals surface area contributed by atoms with Crippen LogP contribution < -0.4 is 19.5 Å². The van der Waals surface area contributed by atoms with Gasteiger partial charge in [-0.25, -0.2) is 13.6 Å². The third-order valence-corrected chi connectivity index (χ3v) is 7.79. The van der Waals surface area contributed by atoms with E-state index in [9.17, 15) is 28.4 Å². The molecule has 0 radical (unpaired) electrons. The third kappa shape index (κ3) is 8.32. The standard InChI is InChI=1S/C31H29F2O9P/c1-19(2)41-24-14-22(31(35)36)15-25(16-24)42-23-6-8-26(9-7-23)43(37,39-17-20-4-10-29(34)27(32)12-20)40-18-21-5-11-30(38-3)28(33)13-21/h4-16,19,34H,17-18H2,1-3H3,(H,35,36). The predicted molar refractivity (Wildman–Crippen MR) is 154 cm³/mol. The van der Waals surface area contributed by atoms with E-state index in [4.69, 9.17) is 23.3 Å². The fraction of sp³-hybridized carbons (Fsp3) is 0.194. The number of methoxy groups -OCH3 is 1. The summed E-state index contributed by atoms with van der Waals surface area (Å²) in [6.07, 6.45) is -0.196. The first-order valence-corrected chi connectivity index (χ1v) is 14.5. The van der Waals surface area contributed by atoms with Gasteiger partial charge in [0, 0.05) is 6.07 Å². The lowest BCUT2D eigenvalue weighted by Crippen LogP contribution is -2.11. The van der Waals surface area contributed by atoms with Crippen molar-refractivity contribution < 1.29 is 51.6 Å². The molecule has 0 heterocycles. The smallest absolute Gasteiger partial charge is 0.361 e. The van der Waals surface area contributed by atoms with E-state index >= 15 is 0 Å². The Bertz CT molecular complexity index is 1640. The zero-order chi connectivity index (χ0) is 31.1. The van der Waals surface area contributed by atoms with Crippen LogP contribution in [-0.2, 0) is 26.8 Å². The van der Waals surface area contributed by atoms with Gasteiger partial charge in [-0.15, -0.1) is 0 Å². The molecule has 0 aliphatic rings. The number of benzene rings is 4. The average molecular weight is 615 g/mol. The Kier molecular flexibility index (Phi) is 10.0. The van der Waals surface area contributed by atoms with Gasteiger partial charge < -0.3 is 33.5 Å². The maximum Gasteiger partial charge on any atom is 0.361 e. The Hall–Kier alpha value is -4.44. The second-order valence-electron chi connectivity index (χ2n) is 9.56. The van der Waals surface area contributed by atoms with Gasteiger partial charge in [-0.3, -0.25) is 4.57 Å². The molecule has 0 bridgehead atoms. The molecule has 1 unspecified atom stereocenters. The maximum absolute atomic E-state index is 14.2. The zero-order valence-electron chi connectivity index (χ0n) is 23.5. The number of carboxylic acids is 1. The van der Waals surface area contributed by atoms with Crippen LogP contribution in [0.3, 0.4) is 0 Å². The van der Waals surface area contributed by atoms with Crippen LogP contribution >= 0.6 is 7.60 Å². The topological polar surface area (TPSA) is 121 Å². The zero-order valence-corrected chi connectivity index (χ0v) is 24.3. The van der Waals surface area contributed by atoms with E-state index in [0.717, 1.165) is 12.1 Å². The molecule has 9 nitrogen and oxygen atoms in total. The molecule has 1 atom stereocenters. The summed E-state index contributed by atoms with van der Waals surface area (Å²) < 4.78 is 69.9. The minimum absolute atomic E-state index is 0.0308. The van der Waals surface area contributed by atoms with Gasteiger partial charge >= 0.3 is 13.6 Å². The summed E-state index contributed by atoms with van der Waals surface area (Å²) in [5.74, 6) is -2.37. The molecule has 4 aromatic carbocycles. The van der Waals surface area contributed by atoms with Gasteiger partial charge in [0.2, 0.25) is 0 Å². The van der Waals surface area contributed by atoms with Crippen molar-refractivity contribution in [3.63, 3.8) is 0 Å². The van der Waals surface area contributed by atoms with Crippen molar-refractivity contribution >= 4 is 18.9 Å². The van der Waals surface area contributed by atoms with Gasteiger partial charge in [0.25, 0.3) is 0 Å². The Labute approximate surface area is 246 Å². The van der Waals surface area contributed by atoms with Crippen LogP contribution in [0.15, 0.2) is 78.9 Å². The van der Waals surface area contributed by atoms with E-state index in [0.29, 0.717) is 11.3 Å². The number of carbonyl (C=O) groups is 1. The minimum Gasteiger partial charge on any atom is -0.505 e. The lowest BCUT2D eigenvalue weighted by molar-refractivity contribution is 0.0695. The second-order valence-corrected chi connectivity index (χ2v) is 11.6. The Morgan fingerprint density at radius 1 is 0.814 bits per heavy atom. The highest BCUT2D eigenvalue weighted by molar-refractivity contribution is 7.62. The lowest BCUT2D eigenvalue weighted by atomic mass is 10.2. The number of ether oxygens (including phenoxy) is 3. The van der Waals surface area contributed by atoms with Crippen molar-refractivity contribution in [3.8, 4) is 28.7 Å². The summed E-state index contributed by atoms with van der Waals surface area (Å²) in [6, 6.07) is 17.8. The van der Waals surface area contributed by atoms with Gasteiger partial charge in [-0.1, -0.05) is 12.1 Å². The molecule has 0 amide bonds. The number of carboxylic acid groups (broad SMARTS) is 1. The molecular formula is C31H29F2O9P. The van der Waals surface area contributed by atoms with Crippen LogP contribution in [0.5, 0.6) is 28.7 Å². The van der Waals surface area contributed by atoms with Gasteiger partial charge in [0.1, 0.15) is 17.2 Å². The van der Waals surface area contributed by atoms with Crippen LogP contribution in [0, 0.1) is 11.6 Å². The lowest BCUT2D eigenvalue weighted by Gasteiger charge is -2.20. The summed E-state index contributed by atoms with van der Waals surface area (Å²) in [4.78, 5) is 11.6. The quantitative estimate of drug-likeness (QED) is 0.151. The molecule has 0 aliphatic carbocycles. The van der Waals surface area contributed by atoms with E-state index in [-0.39, 0.29) is 53.0 Å². The predicted octanol–water partition coefficient (Wildman–Crippen LogP) is 7.21. The average Bonchev–Trinajstić information content (AvgIpc) is 2.96. The first kappa shape index (κ1) is 31.5. The van der Waals surface area contributed by atoms with Crippen LogP contribution in [0.25, 0.3) is 0 Å². The number of halogens is 2. The summed E-state index contributed by atoms with van der Waals surface area (Å²) in [5.41, 5.74) is 0.611. The van der Waals surface area contributed by atoms with Crippen molar-refractivity contribution in [1.29, 1.82) is 0 Å². The van der Waals surface area contributed by atoms with Crippen LogP contribution in [-0.4, -0.2) is 29.4 Å². The fourth-order valence-corrected chi connectivity index (χ4v) is 5.40. The molecule has 2 N–H and O–H groups in total. The summed E-state index contributed by atoms with van der Waals surface area (Å²) >= 11 is 0. The van der Waals surface area contributed by atoms with Crippen molar-refractivity contribution in [2.24, 2.45) is 0 Å². The van der Waals surface area contributed by atoms with Crippen LogP contribution in [0.4, 0.5) is 8.78 Å². The van der Waals surface area contributed by atoms with Crippen molar-refractivity contribution in [3.05, 3.63) is 107 Å². The Morgan fingerprint density at radius 3 is 1.98 bits per heavy atom. The van der Waals surface area contributed by atoms with Crippen molar-refractivity contribution in [2.45, 2.75) is 33.2 Å². The van der Waals surface area contributed by atoms with E-state index in [2.05, 4.69) is 0 Å². The van der Waals surface area contributed by atoms with Crippen molar-refractivity contribution in [1.82, 2.24) is 0 Å².